The van der Waals surface area contributed by atoms with Crippen LogP contribution in [0.25, 0.3) is 10.6 Å². The molecular formula is C23H21N3O5S. The number of aromatic hydroxyl groups is 1. The standard InChI is InChI=1S/C23H21N3O5S/c27-16(28)10-24-21(30)18-20(29)17-13-6-7-14(8-13)19(17)26(23(18)31)11-15-9-25-22(32-15)12-4-2-1-3-5-12/h1-5,9,13-14,29H,6-8,10-11H2,(H,24,30)(H,27,28)/t13?,14-/m0/s1. The van der Waals surface area contributed by atoms with Crippen LogP contribution in [-0.4, -0.2) is 38.2 Å². The van der Waals surface area contributed by atoms with Crippen molar-refractivity contribution in [2.45, 2.75) is 37.6 Å². The summed E-state index contributed by atoms with van der Waals surface area (Å²) in [5, 5.41) is 22.8. The maximum Gasteiger partial charge on any atom is 0.322 e. The van der Waals surface area contributed by atoms with Gasteiger partial charge in [-0.15, -0.1) is 11.3 Å². The van der Waals surface area contributed by atoms with Crippen LogP contribution >= 0.6 is 11.3 Å². The van der Waals surface area contributed by atoms with Crippen LogP contribution in [0.1, 0.15) is 57.6 Å². The molecule has 9 heteroatoms. The Kier molecular flexibility index (Phi) is 5.05. The highest BCUT2D eigenvalue weighted by molar-refractivity contribution is 7.15. The minimum absolute atomic E-state index is 0.106. The minimum Gasteiger partial charge on any atom is -0.507 e. The fourth-order valence-electron chi connectivity index (χ4n) is 4.94. The van der Waals surface area contributed by atoms with Crippen LogP contribution in [-0.2, 0) is 11.3 Å². The summed E-state index contributed by atoms with van der Waals surface area (Å²) in [4.78, 5) is 42.2. The first kappa shape index (κ1) is 20.4. The summed E-state index contributed by atoms with van der Waals surface area (Å²) < 4.78 is 1.58. The van der Waals surface area contributed by atoms with E-state index in [1.165, 1.54) is 11.3 Å². The van der Waals surface area contributed by atoms with E-state index in [-0.39, 0.29) is 29.7 Å². The molecule has 2 heterocycles. The molecule has 32 heavy (non-hydrogen) atoms. The molecule has 1 fully saturated rings. The van der Waals surface area contributed by atoms with Gasteiger partial charge in [-0.05, 0) is 25.2 Å². The van der Waals surface area contributed by atoms with Gasteiger partial charge >= 0.3 is 5.97 Å². The van der Waals surface area contributed by atoms with Crippen LogP contribution < -0.4 is 10.9 Å². The molecule has 1 unspecified atom stereocenters. The molecular weight excluding hydrogens is 430 g/mol. The molecule has 3 N–H and O–H groups in total. The number of aliphatic carboxylic acids is 1. The fraction of sp³-hybridized carbons (Fsp3) is 0.304. The number of thiazole rings is 1. The summed E-state index contributed by atoms with van der Waals surface area (Å²) in [6, 6.07) is 9.75. The summed E-state index contributed by atoms with van der Waals surface area (Å²) >= 11 is 1.48. The van der Waals surface area contributed by atoms with Gasteiger partial charge in [-0.25, -0.2) is 4.98 Å². The van der Waals surface area contributed by atoms with E-state index < -0.39 is 24.0 Å². The number of rotatable bonds is 6. The smallest absolute Gasteiger partial charge is 0.322 e. The summed E-state index contributed by atoms with van der Waals surface area (Å²) in [5.74, 6) is -2.12. The Morgan fingerprint density at radius 3 is 2.69 bits per heavy atom. The van der Waals surface area contributed by atoms with Gasteiger partial charge in [0, 0.05) is 33.8 Å². The van der Waals surface area contributed by atoms with Crippen molar-refractivity contribution >= 4 is 23.2 Å². The first-order chi connectivity index (χ1) is 15.4. The monoisotopic (exact) mass is 451 g/mol. The average Bonchev–Trinajstić information content (AvgIpc) is 3.52. The number of benzene rings is 1. The number of carboxylic acids is 1. The van der Waals surface area contributed by atoms with Crippen LogP contribution in [0.2, 0.25) is 0 Å². The normalized spacial score (nSPS) is 18.5. The Morgan fingerprint density at radius 1 is 1.19 bits per heavy atom. The van der Waals surface area contributed by atoms with Crippen molar-refractivity contribution in [3.05, 3.63) is 68.6 Å². The van der Waals surface area contributed by atoms with Gasteiger partial charge in [-0.1, -0.05) is 30.3 Å². The number of amides is 1. The molecule has 5 rings (SSSR count). The van der Waals surface area contributed by atoms with Crippen molar-refractivity contribution in [3.63, 3.8) is 0 Å². The average molecular weight is 452 g/mol. The van der Waals surface area contributed by atoms with E-state index in [4.69, 9.17) is 5.11 Å². The maximum atomic E-state index is 13.4. The third-order valence-corrected chi connectivity index (χ3v) is 7.29. The number of nitrogens with zero attached hydrogens (tertiary/aromatic N) is 2. The lowest BCUT2D eigenvalue weighted by Gasteiger charge is -2.23. The van der Waals surface area contributed by atoms with E-state index in [9.17, 15) is 19.5 Å². The van der Waals surface area contributed by atoms with Crippen molar-refractivity contribution in [2.75, 3.05) is 6.54 Å². The van der Waals surface area contributed by atoms with Gasteiger partial charge < -0.3 is 20.1 Å². The Bertz CT molecular complexity index is 1280. The molecule has 0 saturated heterocycles. The molecule has 164 valence electrons. The van der Waals surface area contributed by atoms with Crippen molar-refractivity contribution in [3.8, 4) is 16.3 Å². The highest BCUT2D eigenvalue weighted by Gasteiger charge is 2.43. The van der Waals surface area contributed by atoms with E-state index in [0.29, 0.717) is 5.56 Å². The van der Waals surface area contributed by atoms with Gasteiger partial charge in [0.25, 0.3) is 11.5 Å². The molecule has 1 saturated carbocycles. The number of hydrogen-bond donors (Lipinski definition) is 3. The number of carbonyl (C=O) groups is 2. The molecule has 2 bridgehead atoms. The largest absolute Gasteiger partial charge is 0.507 e. The zero-order chi connectivity index (χ0) is 22.4. The number of carboxylic acid groups (broad SMARTS) is 1. The SMILES string of the molecule is O=C(O)CNC(=O)c1c(O)c2c(n(Cc3cnc(-c4ccccc4)s3)c1=O)[C@H]1CCC2C1. The van der Waals surface area contributed by atoms with Crippen LogP contribution in [0.3, 0.4) is 0 Å². The third kappa shape index (κ3) is 3.38. The van der Waals surface area contributed by atoms with E-state index in [1.807, 2.05) is 30.3 Å². The lowest BCUT2D eigenvalue weighted by atomic mass is 9.92. The second kappa shape index (κ2) is 7.90. The minimum atomic E-state index is -1.23. The Labute approximate surface area is 187 Å². The predicted molar refractivity (Wildman–Crippen MR) is 118 cm³/mol. The Balaban J connectivity index is 1.57. The Morgan fingerprint density at radius 2 is 1.94 bits per heavy atom. The second-order valence-electron chi connectivity index (χ2n) is 8.19. The van der Waals surface area contributed by atoms with Crippen molar-refractivity contribution in [2.24, 2.45) is 0 Å². The lowest BCUT2D eigenvalue weighted by Crippen LogP contribution is -2.37. The van der Waals surface area contributed by atoms with Crippen LogP contribution in [0.4, 0.5) is 0 Å². The number of aromatic nitrogens is 2. The molecule has 2 aliphatic carbocycles. The first-order valence-corrected chi connectivity index (χ1v) is 11.2. The highest BCUT2D eigenvalue weighted by atomic mass is 32.1. The lowest BCUT2D eigenvalue weighted by molar-refractivity contribution is -0.135. The van der Waals surface area contributed by atoms with E-state index in [1.54, 1.807) is 10.8 Å². The van der Waals surface area contributed by atoms with E-state index >= 15 is 0 Å². The van der Waals surface area contributed by atoms with Crippen LogP contribution in [0.15, 0.2) is 41.3 Å². The summed E-state index contributed by atoms with van der Waals surface area (Å²) in [6.07, 6.45) is 4.42. The van der Waals surface area contributed by atoms with Gasteiger partial charge in [-0.2, -0.15) is 0 Å². The van der Waals surface area contributed by atoms with Gasteiger partial charge in [0.1, 0.15) is 22.9 Å². The maximum absolute atomic E-state index is 13.4. The number of fused-ring (bicyclic) bond motifs is 5. The Hall–Kier alpha value is -3.46. The van der Waals surface area contributed by atoms with Crippen LogP contribution in [0, 0.1) is 0 Å². The molecule has 2 atom stereocenters. The van der Waals surface area contributed by atoms with Gasteiger partial charge in [0.05, 0.1) is 6.54 Å². The van der Waals surface area contributed by atoms with Crippen LogP contribution in [0.5, 0.6) is 5.75 Å². The zero-order valence-electron chi connectivity index (χ0n) is 17.1. The quantitative estimate of drug-likeness (QED) is 0.530. The number of pyridine rings is 1. The number of hydrogen-bond acceptors (Lipinski definition) is 6. The highest BCUT2D eigenvalue weighted by Crippen LogP contribution is 2.55. The first-order valence-electron chi connectivity index (χ1n) is 10.4. The molecule has 0 spiro atoms. The van der Waals surface area contributed by atoms with Gasteiger partial charge in [-0.3, -0.25) is 14.4 Å². The summed E-state index contributed by atoms with van der Waals surface area (Å²) in [6.45, 7) is -0.384. The molecule has 3 aromatic rings. The molecule has 2 aliphatic rings. The fourth-order valence-corrected chi connectivity index (χ4v) is 5.85. The summed E-state index contributed by atoms with van der Waals surface area (Å²) in [7, 11) is 0. The topological polar surface area (TPSA) is 122 Å². The van der Waals surface area contributed by atoms with Gasteiger partial charge in [0.15, 0.2) is 0 Å². The third-order valence-electron chi connectivity index (χ3n) is 6.26. The van der Waals surface area contributed by atoms with Crippen molar-refractivity contribution in [1.29, 1.82) is 0 Å². The van der Waals surface area contributed by atoms with Gasteiger partial charge in [0.2, 0.25) is 0 Å². The zero-order valence-corrected chi connectivity index (χ0v) is 17.9. The molecule has 1 aromatic carbocycles. The molecule has 0 radical (unpaired) electrons. The predicted octanol–water partition coefficient (Wildman–Crippen LogP) is 2.90. The molecule has 0 aliphatic heterocycles. The summed E-state index contributed by atoms with van der Waals surface area (Å²) in [5.41, 5.74) is 1.46. The molecule has 1 amide bonds. The van der Waals surface area contributed by atoms with Crippen molar-refractivity contribution in [1.82, 2.24) is 14.9 Å². The number of nitrogens with one attached hydrogen (secondary N) is 1. The molecule has 8 nitrogen and oxygen atoms in total. The molecule has 2 aromatic heterocycles. The number of carbonyl (C=O) groups excluding carboxylic acids is 1. The van der Waals surface area contributed by atoms with Crippen molar-refractivity contribution < 1.29 is 19.8 Å². The van der Waals surface area contributed by atoms with E-state index in [2.05, 4.69) is 10.3 Å². The second-order valence-corrected chi connectivity index (χ2v) is 9.31. The van der Waals surface area contributed by atoms with E-state index in [0.717, 1.165) is 40.4 Å².